The molecule has 0 aliphatic rings. The summed E-state index contributed by atoms with van der Waals surface area (Å²) in [7, 11) is 0. The molecule has 24 heavy (non-hydrogen) atoms. The van der Waals surface area contributed by atoms with Gasteiger partial charge >= 0.3 is 6.03 Å². The molecule has 3 amide bonds. The van der Waals surface area contributed by atoms with Crippen LogP contribution in [0.15, 0.2) is 36.7 Å². The van der Waals surface area contributed by atoms with Crippen LogP contribution in [0, 0.1) is 0 Å². The van der Waals surface area contributed by atoms with Crippen LogP contribution in [-0.2, 0) is 4.79 Å². The van der Waals surface area contributed by atoms with E-state index in [0.717, 1.165) is 0 Å². The van der Waals surface area contributed by atoms with Crippen LogP contribution >= 0.6 is 11.6 Å². The highest BCUT2D eigenvalue weighted by atomic mass is 35.5. The largest absolute Gasteiger partial charge is 0.350 e. The van der Waals surface area contributed by atoms with Crippen LogP contribution < -0.4 is 16.0 Å². The summed E-state index contributed by atoms with van der Waals surface area (Å²) < 4.78 is 1.56. The number of anilines is 1. The Labute approximate surface area is 145 Å². The zero-order valence-corrected chi connectivity index (χ0v) is 14.5. The summed E-state index contributed by atoms with van der Waals surface area (Å²) in [6.07, 6.45) is 3.13. The highest BCUT2D eigenvalue weighted by Gasteiger charge is 2.14. The number of rotatable bonds is 4. The molecule has 0 saturated carbocycles. The molecule has 1 heterocycles. The van der Waals surface area contributed by atoms with E-state index in [0.29, 0.717) is 16.4 Å². The third kappa shape index (κ3) is 5.27. The number of para-hydroxylation sites is 1. The Balaban J connectivity index is 1.89. The van der Waals surface area contributed by atoms with E-state index in [9.17, 15) is 9.59 Å². The second kappa shape index (κ2) is 7.35. The fourth-order valence-corrected chi connectivity index (χ4v) is 2.18. The quantitative estimate of drug-likeness (QED) is 0.792. The molecule has 0 radical (unpaired) electrons. The lowest BCUT2D eigenvalue weighted by molar-refractivity contribution is -0.121. The molecule has 0 spiro atoms. The van der Waals surface area contributed by atoms with Crippen molar-refractivity contribution in [2.45, 2.75) is 26.3 Å². The first-order valence-corrected chi connectivity index (χ1v) is 7.78. The summed E-state index contributed by atoms with van der Waals surface area (Å²) in [4.78, 5) is 23.5. The first-order chi connectivity index (χ1) is 11.2. The van der Waals surface area contributed by atoms with Gasteiger partial charge in [-0.05, 0) is 32.9 Å². The molecule has 2 rings (SSSR count). The van der Waals surface area contributed by atoms with Gasteiger partial charge in [0.15, 0.2) is 0 Å². The third-order valence-electron chi connectivity index (χ3n) is 2.86. The van der Waals surface area contributed by atoms with Gasteiger partial charge in [-0.3, -0.25) is 4.79 Å². The molecule has 128 valence electrons. The molecule has 2 aromatic rings. The highest BCUT2D eigenvalue weighted by Crippen LogP contribution is 2.20. The average molecular weight is 350 g/mol. The van der Waals surface area contributed by atoms with Gasteiger partial charge in [0.05, 0.1) is 35.3 Å². The van der Waals surface area contributed by atoms with Crippen LogP contribution in [0.4, 0.5) is 10.5 Å². The van der Waals surface area contributed by atoms with Gasteiger partial charge in [-0.2, -0.15) is 5.10 Å². The maximum Gasteiger partial charge on any atom is 0.319 e. The molecular formula is C16H20ClN5O2. The Bertz CT molecular complexity index is 736. The standard InChI is InChI=1S/C16H20ClN5O2/c1-16(2,3)21-14(23)9-18-15(24)20-11-8-19-22(10-11)13-7-5-4-6-12(13)17/h4-8,10H,9H2,1-3H3,(H,21,23)(H2,18,20,24). The minimum Gasteiger partial charge on any atom is -0.350 e. The molecule has 1 aromatic carbocycles. The van der Waals surface area contributed by atoms with Gasteiger partial charge in [-0.15, -0.1) is 0 Å². The van der Waals surface area contributed by atoms with Gasteiger partial charge < -0.3 is 16.0 Å². The summed E-state index contributed by atoms with van der Waals surface area (Å²) in [5.74, 6) is -0.260. The molecule has 0 atom stereocenters. The van der Waals surface area contributed by atoms with Gasteiger partial charge in [-0.1, -0.05) is 23.7 Å². The van der Waals surface area contributed by atoms with Gasteiger partial charge in [0.2, 0.25) is 5.91 Å². The lowest BCUT2D eigenvalue weighted by Gasteiger charge is -2.20. The SMILES string of the molecule is CC(C)(C)NC(=O)CNC(=O)Nc1cnn(-c2ccccc2Cl)c1. The molecule has 0 fully saturated rings. The maximum atomic E-state index is 11.8. The van der Waals surface area contributed by atoms with Crippen LogP contribution in [0.1, 0.15) is 20.8 Å². The molecule has 0 bridgehead atoms. The molecule has 8 heteroatoms. The Hall–Kier alpha value is -2.54. The minimum atomic E-state index is -0.488. The van der Waals surface area contributed by atoms with Gasteiger partial charge in [0.25, 0.3) is 0 Å². The summed E-state index contributed by atoms with van der Waals surface area (Å²) in [6.45, 7) is 5.50. The maximum absolute atomic E-state index is 11.8. The molecule has 0 unspecified atom stereocenters. The first kappa shape index (κ1) is 17.8. The van der Waals surface area contributed by atoms with Crippen LogP contribution in [0.5, 0.6) is 0 Å². The van der Waals surface area contributed by atoms with E-state index in [-0.39, 0.29) is 18.0 Å². The number of benzene rings is 1. The predicted octanol–water partition coefficient (Wildman–Crippen LogP) is 2.56. The molecule has 0 aliphatic carbocycles. The van der Waals surface area contributed by atoms with Crippen LogP contribution in [-0.4, -0.2) is 33.8 Å². The van der Waals surface area contributed by atoms with Crippen molar-refractivity contribution in [3.05, 3.63) is 41.7 Å². The van der Waals surface area contributed by atoms with Crippen LogP contribution in [0.25, 0.3) is 5.69 Å². The number of nitrogens with zero attached hydrogens (tertiary/aromatic N) is 2. The van der Waals surface area contributed by atoms with Crippen molar-refractivity contribution in [3.63, 3.8) is 0 Å². The van der Waals surface area contributed by atoms with Crippen molar-refractivity contribution < 1.29 is 9.59 Å². The van der Waals surface area contributed by atoms with Crippen LogP contribution in [0.2, 0.25) is 5.02 Å². The highest BCUT2D eigenvalue weighted by molar-refractivity contribution is 6.32. The number of carbonyl (C=O) groups is 2. The Morgan fingerprint density at radius 3 is 2.62 bits per heavy atom. The summed E-state index contributed by atoms with van der Waals surface area (Å²) in [5.41, 5.74) is 0.853. The number of carbonyl (C=O) groups excluding carboxylic acids is 2. The number of nitrogens with one attached hydrogen (secondary N) is 3. The third-order valence-corrected chi connectivity index (χ3v) is 3.18. The number of hydrogen-bond acceptors (Lipinski definition) is 3. The van der Waals surface area contributed by atoms with E-state index >= 15 is 0 Å². The summed E-state index contributed by atoms with van der Waals surface area (Å²) in [5, 5.41) is 12.6. The number of urea groups is 1. The Morgan fingerprint density at radius 1 is 1.25 bits per heavy atom. The average Bonchev–Trinajstić information content (AvgIpc) is 2.92. The number of hydrogen-bond donors (Lipinski definition) is 3. The fourth-order valence-electron chi connectivity index (χ4n) is 1.95. The van der Waals surface area contributed by atoms with E-state index < -0.39 is 6.03 Å². The fraction of sp³-hybridized carbons (Fsp3) is 0.312. The molecule has 0 saturated heterocycles. The van der Waals surface area contributed by atoms with E-state index in [4.69, 9.17) is 11.6 Å². The van der Waals surface area contributed by atoms with Crippen molar-refractivity contribution in [2.24, 2.45) is 0 Å². The van der Waals surface area contributed by atoms with Crippen molar-refractivity contribution in [3.8, 4) is 5.69 Å². The zero-order chi connectivity index (χ0) is 17.7. The number of amides is 3. The van der Waals surface area contributed by atoms with Crippen molar-refractivity contribution in [1.82, 2.24) is 20.4 Å². The molecule has 3 N–H and O–H groups in total. The number of halogens is 1. The summed E-state index contributed by atoms with van der Waals surface area (Å²) in [6, 6.07) is 6.75. The molecule has 7 nitrogen and oxygen atoms in total. The molecular weight excluding hydrogens is 330 g/mol. The van der Waals surface area contributed by atoms with Crippen molar-refractivity contribution >= 4 is 29.2 Å². The van der Waals surface area contributed by atoms with Gasteiger partial charge in [0.1, 0.15) is 0 Å². The predicted molar refractivity (Wildman–Crippen MR) is 93.5 cm³/mol. The second-order valence-corrected chi connectivity index (χ2v) is 6.64. The molecule has 0 aliphatic heterocycles. The topological polar surface area (TPSA) is 88.1 Å². The monoisotopic (exact) mass is 349 g/mol. The zero-order valence-electron chi connectivity index (χ0n) is 13.8. The van der Waals surface area contributed by atoms with Gasteiger partial charge in [-0.25, -0.2) is 9.48 Å². The van der Waals surface area contributed by atoms with Crippen LogP contribution in [0.3, 0.4) is 0 Å². The smallest absolute Gasteiger partial charge is 0.319 e. The first-order valence-electron chi connectivity index (χ1n) is 7.40. The van der Waals surface area contributed by atoms with E-state index in [2.05, 4.69) is 21.0 Å². The lowest BCUT2D eigenvalue weighted by atomic mass is 10.1. The second-order valence-electron chi connectivity index (χ2n) is 6.23. The van der Waals surface area contributed by atoms with Crippen molar-refractivity contribution in [2.75, 3.05) is 11.9 Å². The Morgan fingerprint density at radius 2 is 1.96 bits per heavy atom. The lowest BCUT2D eigenvalue weighted by Crippen LogP contribution is -2.46. The van der Waals surface area contributed by atoms with Gasteiger partial charge in [0, 0.05) is 5.54 Å². The van der Waals surface area contributed by atoms with E-state index in [1.807, 2.05) is 39.0 Å². The molecule has 1 aromatic heterocycles. The van der Waals surface area contributed by atoms with E-state index in [1.165, 1.54) is 6.20 Å². The van der Waals surface area contributed by atoms with Crippen molar-refractivity contribution in [1.29, 1.82) is 0 Å². The van der Waals surface area contributed by atoms with E-state index in [1.54, 1.807) is 16.9 Å². The summed E-state index contributed by atoms with van der Waals surface area (Å²) >= 11 is 6.11. The normalized spacial score (nSPS) is 11.0. The Kier molecular flexibility index (Phi) is 5.46. The minimum absolute atomic E-state index is 0.109. The number of aromatic nitrogens is 2.